The highest BCUT2D eigenvalue weighted by Gasteiger charge is 2.05. The Balaban J connectivity index is 2.65. The van der Waals surface area contributed by atoms with E-state index >= 15 is 0 Å². The number of halogens is 1. The second kappa shape index (κ2) is 4.91. The molecule has 76 valence electrons. The van der Waals surface area contributed by atoms with Crippen molar-refractivity contribution in [2.75, 3.05) is 7.05 Å². The summed E-state index contributed by atoms with van der Waals surface area (Å²) in [7, 11) is 1.76. The van der Waals surface area contributed by atoms with Crippen LogP contribution >= 0.6 is 12.2 Å². The molecule has 14 heavy (non-hydrogen) atoms. The van der Waals surface area contributed by atoms with Gasteiger partial charge in [0, 0.05) is 7.05 Å². The molecule has 0 aromatic heterocycles. The van der Waals surface area contributed by atoms with Crippen LogP contribution in [0, 0.1) is 5.82 Å². The SMILES string of the molecule is CNC(=S)NC(C)c1ccc(F)cc1. The average Bonchev–Trinajstić information content (AvgIpc) is 2.18. The van der Waals surface area contributed by atoms with Gasteiger partial charge in [-0.15, -0.1) is 0 Å². The van der Waals surface area contributed by atoms with Crippen LogP contribution < -0.4 is 10.6 Å². The zero-order valence-electron chi connectivity index (χ0n) is 8.17. The van der Waals surface area contributed by atoms with Crippen LogP contribution in [0.15, 0.2) is 24.3 Å². The summed E-state index contributed by atoms with van der Waals surface area (Å²) in [5.41, 5.74) is 1.00. The summed E-state index contributed by atoms with van der Waals surface area (Å²) in [4.78, 5) is 0. The Kier molecular flexibility index (Phi) is 3.83. The van der Waals surface area contributed by atoms with Gasteiger partial charge in [0.15, 0.2) is 5.11 Å². The Morgan fingerprint density at radius 1 is 1.36 bits per heavy atom. The number of benzene rings is 1. The third-order valence-corrected chi connectivity index (χ3v) is 2.27. The Morgan fingerprint density at radius 2 is 1.93 bits per heavy atom. The van der Waals surface area contributed by atoms with Gasteiger partial charge in [-0.1, -0.05) is 12.1 Å². The van der Waals surface area contributed by atoms with E-state index in [2.05, 4.69) is 10.6 Å². The van der Waals surface area contributed by atoms with Crippen molar-refractivity contribution in [2.24, 2.45) is 0 Å². The molecule has 0 aliphatic heterocycles. The highest BCUT2D eigenvalue weighted by Crippen LogP contribution is 2.12. The standard InChI is InChI=1S/C10H13FN2S/c1-7(13-10(14)12-2)8-3-5-9(11)6-4-8/h3-7H,1-2H3,(H2,12,13,14). The average molecular weight is 212 g/mol. The normalized spacial score (nSPS) is 11.9. The van der Waals surface area contributed by atoms with Gasteiger partial charge in [0.25, 0.3) is 0 Å². The molecule has 1 atom stereocenters. The second-order valence-electron chi connectivity index (χ2n) is 3.00. The maximum Gasteiger partial charge on any atom is 0.166 e. The summed E-state index contributed by atoms with van der Waals surface area (Å²) in [6.07, 6.45) is 0. The predicted octanol–water partition coefficient (Wildman–Crippen LogP) is 1.98. The van der Waals surface area contributed by atoms with Crippen LogP contribution in [0.4, 0.5) is 4.39 Å². The van der Waals surface area contributed by atoms with Crippen molar-refractivity contribution in [2.45, 2.75) is 13.0 Å². The summed E-state index contributed by atoms with van der Waals surface area (Å²) in [6.45, 7) is 1.97. The van der Waals surface area contributed by atoms with Crippen molar-refractivity contribution in [1.29, 1.82) is 0 Å². The summed E-state index contributed by atoms with van der Waals surface area (Å²) >= 11 is 4.96. The van der Waals surface area contributed by atoms with Gasteiger partial charge < -0.3 is 10.6 Å². The smallest absolute Gasteiger partial charge is 0.166 e. The van der Waals surface area contributed by atoms with Crippen LogP contribution in [0.2, 0.25) is 0 Å². The fourth-order valence-electron chi connectivity index (χ4n) is 1.10. The fraction of sp³-hybridized carbons (Fsp3) is 0.300. The monoisotopic (exact) mass is 212 g/mol. The topological polar surface area (TPSA) is 24.1 Å². The first-order chi connectivity index (χ1) is 6.63. The van der Waals surface area contributed by atoms with E-state index in [1.165, 1.54) is 12.1 Å². The number of hydrogen-bond acceptors (Lipinski definition) is 1. The molecule has 0 aliphatic rings. The van der Waals surface area contributed by atoms with E-state index in [1.807, 2.05) is 6.92 Å². The molecule has 0 radical (unpaired) electrons. The molecule has 0 fully saturated rings. The Bertz CT molecular complexity index is 310. The van der Waals surface area contributed by atoms with Crippen LogP contribution in [-0.4, -0.2) is 12.2 Å². The molecule has 0 spiro atoms. The molecule has 4 heteroatoms. The Morgan fingerprint density at radius 3 is 2.43 bits per heavy atom. The van der Waals surface area contributed by atoms with Crippen LogP contribution in [0.1, 0.15) is 18.5 Å². The highest BCUT2D eigenvalue weighted by atomic mass is 32.1. The van der Waals surface area contributed by atoms with Crippen LogP contribution in [0.25, 0.3) is 0 Å². The lowest BCUT2D eigenvalue weighted by molar-refractivity contribution is 0.624. The zero-order valence-corrected chi connectivity index (χ0v) is 8.99. The van der Waals surface area contributed by atoms with Crippen molar-refractivity contribution in [3.05, 3.63) is 35.6 Å². The summed E-state index contributed by atoms with van der Waals surface area (Å²) in [5.74, 6) is -0.225. The van der Waals surface area contributed by atoms with Gasteiger partial charge >= 0.3 is 0 Å². The summed E-state index contributed by atoms with van der Waals surface area (Å²) < 4.78 is 12.6. The van der Waals surface area contributed by atoms with E-state index in [4.69, 9.17) is 12.2 Å². The molecule has 0 aliphatic carbocycles. The molecule has 0 saturated carbocycles. The minimum absolute atomic E-state index is 0.0792. The minimum Gasteiger partial charge on any atom is -0.366 e. The fourth-order valence-corrected chi connectivity index (χ4v) is 1.28. The lowest BCUT2D eigenvalue weighted by atomic mass is 10.1. The minimum atomic E-state index is -0.225. The van der Waals surface area contributed by atoms with E-state index < -0.39 is 0 Å². The van der Waals surface area contributed by atoms with Gasteiger partial charge in [-0.3, -0.25) is 0 Å². The van der Waals surface area contributed by atoms with E-state index in [-0.39, 0.29) is 11.9 Å². The number of nitrogens with one attached hydrogen (secondary N) is 2. The molecule has 0 amide bonds. The zero-order chi connectivity index (χ0) is 10.6. The van der Waals surface area contributed by atoms with Crippen LogP contribution in [0.3, 0.4) is 0 Å². The molecule has 0 saturated heterocycles. The van der Waals surface area contributed by atoms with Gasteiger partial charge in [0.1, 0.15) is 5.82 Å². The number of thiocarbonyl (C=S) groups is 1. The van der Waals surface area contributed by atoms with E-state index in [1.54, 1.807) is 19.2 Å². The quantitative estimate of drug-likeness (QED) is 0.733. The third kappa shape index (κ3) is 2.96. The van der Waals surface area contributed by atoms with Crippen molar-refractivity contribution in [1.82, 2.24) is 10.6 Å². The molecular formula is C10H13FN2S. The van der Waals surface area contributed by atoms with E-state index in [0.717, 1.165) is 5.56 Å². The predicted molar refractivity (Wildman–Crippen MR) is 59.6 cm³/mol. The molecule has 0 heterocycles. The number of rotatable bonds is 2. The van der Waals surface area contributed by atoms with E-state index in [0.29, 0.717) is 5.11 Å². The molecule has 0 bridgehead atoms. The van der Waals surface area contributed by atoms with Gasteiger partial charge in [-0.25, -0.2) is 4.39 Å². The Hall–Kier alpha value is -1.16. The first kappa shape index (κ1) is 10.9. The van der Waals surface area contributed by atoms with Gasteiger partial charge in [0.05, 0.1) is 6.04 Å². The first-order valence-corrected chi connectivity index (χ1v) is 4.78. The van der Waals surface area contributed by atoms with Crippen molar-refractivity contribution in [3.8, 4) is 0 Å². The Labute approximate surface area is 88.5 Å². The van der Waals surface area contributed by atoms with Gasteiger partial charge in [0.2, 0.25) is 0 Å². The number of hydrogen-bond donors (Lipinski definition) is 2. The summed E-state index contributed by atoms with van der Waals surface area (Å²) in [5, 5.41) is 6.47. The van der Waals surface area contributed by atoms with Gasteiger partial charge in [-0.2, -0.15) is 0 Å². The lowest BCUT2D eigenvalue weighted by Crippen LogP contribution is -2.34. The lowest BCUT2D eigenvalue weighted by Gasteiger charge is -2.15. The van der Waals surface area contributed by atoms with Crippen molar-refractivity contribution < 1.29 is 4.39 Å². The maximum atomic E-state index is 12.6. The molecule has 1 unspecified atom stereocenters. The van der Waals surface area contributed by atoms with Crippen LogP contribution in [-0.2, 0) is 0 Å². The largest absolute Gasteiger partial charge is 0.366 e. The molecule has 1 aromatic rings. The first-order valence-electron chi connectivity index (χ1n) is 4.37. The molecule has 2 nitrogen and oxygen atoms in total. The van der Waals surface area contributed by atoms with E-state index in [9.17, 15) is 4.39 Å². The van der Waals surface area contributed by atoms with Gasteiger partial charge in [-0.05, 0) is 36.8 Å². The second-order valence-corrected chi connectivity index (χ2v) is 3.40. The van der Waals surface area contributed by atoms with Crippen molar-refractivity contribution in [3.63, 3.8) is 0 Å². The highest BCUT2D eigenvalue weighted by molar-refractivity contribution is 7.80. The van der Waals surface area contributed by atoms with Crippen LogP contribution in [0.5, 0.6) is 0 Å². The molecular weight excluding hydrogens is 199 g/mol. The molecule has 1 aromatic carbocycles. The molecule has 2 N–H and O–H groups in total. The molecule has 1 rings (SSSR count). The third-order valence-electron chi connectivity index (χ3n) is 1.94. The summed E-state index contributed by atoms with van der Waals surface area (Å²) in [6, 6.07) is 6.44. The maximum absolute atomic E-state index is 12.6. The van der Waals surface area contributed by atoms with Crippen molar-refractivity contribution >= 4 is 17.3 Å².